The molecule has 0 radical (unpaired) electrons. The highest BCUT2D eigenvalue weighted by molar-refractivity contribution is 8.00. The highest BCUT2D eigenvalue weighted by Crippen LogP contribution is 2.43. The first-order valence-corrected chi connectivity index (χ1v) is 11.1. The molecule has 1 atom stereocenters. The van der Waals surface area contributed by atoms with Crippen LogP contribution in [-0.4, -0.2) is 17.6 Å². The predicted molar refractivity (Wildman–Crippen MR) is 118 cm³/mol. The Morgan fingerprint density at radius 1 is 1.21 bits per heavy atom. The summed E-state index contributed by atoms with van der Waals surface area (Å²) in [6, 6.07) is 12.3. The molecule has 6 heteroatoms. The molecule has 0 aliphatic carbocycles. The van der Waals surface area contributed by atoms with Gasteiger partial charge in [-0.2, -0.15) is 0 Å². The van der Waals surface area contributed by atoms with Gasteiger partial charge in [0.25, 0.3) is 0 Å². The minimum Gasteiger partial charge on any atom is -0.326 e. The van der Waals surface area contributed by atoms with Crippen molar-refractivity contribution < 1.29 is 14.0 Å². The number of hydrogen-bond donors (Lipinski definition) is 1. The first-order valence-electron chi connectivity index (χ1n) is 10.1. The van der Waals surface area contributed by atoms with Crippen LogP contribution >= 0.6 is 11.8 Å². The van der Waals surface area contributed by atoms with Crippen molar-refractivity contribution in [1.29, 1.82) is 0 Å². The van der Waals surface area contributed by atoms with Crippen LogP contribution in [-0.2, 0) is 9.59 Å². The predicted octanol–water partition coefficient (Wildman–Crippen LogP) is 5.82. The van der Waals surface area contributed by atoms with Crippen LogP contribution in [0.5, 0.6) is 0 Å². The van der Waals surface area contributed by atoms with Crippen molar-refractivity contribution in [3.05, 3.63) is 59.4 Å². The van der Waals surface area contributed by atoms with E-state index in [1.807, 2.05) is 31.2 Å². The number of anilines is 2. The number of nitrogens with one attached hydrogen (secondary N) is 1. The average molecular weight is 415 g/mol. The molecule has 2 aromatic rings. The van der Waals surface area contributed by atoms with Crippen molar-refractivity contribution in [1.82, 2.24) is 0 Å². The first-order chi connectivity index (χ1) is 14.0. The molecule has 1 unspecified atom stereocenters. The van der Waals surface area contributed by atoms with E-state index in [2.05, 4.69) is 12.2 Å². The Bertz CT molecular complexity index is 887. The molecule has 1 heterocycles. The number of rotatable bonds is 8. The van der Waals surface area contributed by atoms with E-state index in [0.717, 1.165) is 36.8 Å². The molecular weight excluding hydrogens is 387 g/mol. The normalized spacial score (nSPS) is 16.3. The molecule has 2 aromatic carbocycles. The zero-order chi connectivity index (χ0) is 20.8. The van der Waals surface area contributed by atoms with Gasteiger partial charge in [-0.15, -0.1) is 11.8 Å². The third kappa shape index (κ3) is 5.38. The van der Waals surface area contributed by atoms with Gasteiger partial charge < -0.3 is 5.32 Å². The summed E-state index contributed by atoms with van der Waals surface area (Å²) >= 11 is 1.47. The maximum atomic E-state index is 14.4. The van der Waals surface area contributed by atoms with Crippen LogP contribution in [0.15, 0.2) is 42.5 Å². The first kappa shape index (κ1) is 21.4. The maximum absolute atomic E-state index is 14.4. The number of halogens is 1. The van der Waals surface area contributed by atoms with E-state index >= 15 is 0 Å². The van der Waals surface area contributed by atoms with Crippen LogP contribution in [0.3, 0.4) is 0 Å². The van der Waals surface area contributed by atoms with Crippen LogP contribution in [0.25, 0.3) is 0 Å². The van der Waals surface area contributed by atoms with E-state index in [1.54, 1.807) is 12.1 Å². The Morgan fingerprint density at radius 3 is 2.83 bits per heavy atom. The number of benzene rings is 2. The van der Waals surface area contributed by atoms with Crippen molar-refractivity contribution in [3.8, 4) is 0 Å². The second-order valence-corrected chi connectivity index (χ2v) is 8.43. The smallest absolute Gasteiger partial charge is 0.238 e. The maximum Gasteiger partial charge on any atom is 0.238 e. The zero-order valence-electron chi connectivity index (χ0n) is 16.9. The fourth-order valence-corrected chi connectivity index (χ4v) is 4.60. The molecular formula is C23H27FN2O2S. The van der Waals surface area contributed by atoms with Crippen LogP contribution in [0.2, 0.25) is 0 Å². The molecule has 4 nitrogen and oxygen atoms in total. The molecule has 1 fully saturated rings. The van der Waals surface area contributed by atoms with Crippen molar-refractivity contribution >= 4 is 35.0 Å². The van der Waals surface area contributed by atoms with Crippen molar-refractivity contribution in [3.63, 3.8) is 0 Å². The summed E-state index contributed by atoms with van der Waals surface area (Å²) in [5.74, 6) is -0.232. The lowest BCUT2D eigenvalue weighted by molar-refractivity contribution is -0.117. The van der Waals surface area contributed by atoms with Crippen LogP contribution in [0.1, 0.15) is 55.5 Å². The molecule has 1 aliphatic heterocycles. The number of unbranched alkanes of at least 4 members (excludes halogenated alkanes) is 3. The van der Waals surface area contributed by atoms with Crippen molar-refractivity contribution in [2.24, 2.45) is 0 Å². The number of carbonyl (C=O) groups excluding carboxylic acids is 2. The van der Waals surface area contributed by atoms with Crippen LogP contribution in [0.4, 0.5) is 15.8 Å². The molecule has 29 heavy (non-hydrogen) atoms. The number of thioether (sulfide) groups is 1. The van der Waals surface area contributed by atoms with Crippen molar-refractivity contribution in [2.75, 3.05) is 16.0 Å². The average Bonchev–Trinajstić information content (AvgIpc) is 3.08. The van der Waals surface area contributed by atoms with Gasteiger partial charge in [-0.3, -0.25) is 14.5 Å². The SMILES string of the molecule is CCCCCCC(=O)Nc1cccc(C2SCC(=O)N2c2cc(C)ccc2F)c1. The highest BCUT2D eigenvalue weighted by atomic mass is 32.2. The van der Waals surface area contributed by atoms with Gasteiger partial charge in [0.2, 0.25) is 11.8 Å². The summed E-state index contributed by atoms with van der Waals surface area (Å²) < 4.78 is 14.4. The summed E-state index contributed by atoms with van der Waals surface area (Å²) in [5, 5.41) is 2.62. The standard InChI is InChI=1S/C23H27FN2O2S/c1-3-4-5-6-10-21(27)25-18-9-7-8-17(14-18)23-26(22(28)15-29-23)20-13-16(2)11-12-19(20)24/h7-9,11-14,23H,3-6,10,15H2,1-2H3,(H,25,27). The molecule has 1 saturated heterocycles. The second kappa shape index (κ2) is 9.92. The molecule has 0 saturated carbocycles. The third-order valence-corrected chi connectivity index (χ3v) is 6.15. The number of carbonyl (C=O) groups is 2. The van der Waals surface area contributed by atoms with E-state index in [1.165, 1.54) is 22.7 Å². The molecule has 1 aliphatic rings. The van der Waals surface area contributed by atoms with E-state index < -0.39 is 5.82 Å². The molecule has 2 amide bonds. The quantitative estimate of drug-likeness (QED) is 0.554. The fourth-order valence-electron chi connectivity index (χ4n) is 3.44. The summed E-state index contributed by atoms with van der Waals surface area (Å²) in [6.07, 6.45) is 4.72. The fraction of sp³-hybridized carbons (Fsp3) is 0.391. The number of aryl methyl sites for hydroxylation is 1. The summed E-state index contributed by atoms with van der Waals surface area (Å²) in [6.45, 7) is 4.02. The minimum absolute atomic E-state index is 0.00464. The van der Waals surface area contributed by atoms with Gasteiger partial charge in [-0.1, -0.05) is 44.4 Å². The van der Waals surface area contributed by atoms with Gasteiger partial charge in [0.1, 0.15) is 11.2 Å². The lowest BCUT2D eigenvalue weighted by atomic mass is 10.1. The van der Waals surface area contributed by atoms with Gasteiger partial charge >= 0.3 is 0 Å². The van der Waals surface area contributed by atoms with Crippen LogP contribution < -0.4 is 10.2 Å². The van der Waals surface area contributed by atoms with Gasteiger partial charge in [0.15, 0.2) is 0 Å². The monoisotopic (exact) mass is 414 g/mol. The zero-order valence-corrected chi connectivity index (χ0v) is 17.7. The Balaban J connectivity index is 1.76. The van der Waals surface area contributed by atoms with Gasteiger partial charge in [-0.25, -0.2) is 4.39 Å². The Kier molecular flexibility index (Phi) is 7.31. The molecule has 0 aromatic heterocycles. The lowest BCUT2D eigenvalue weighted by Gasteiger charge is -2.25. The van der Waals surface area contributed by atoms with Gasteiger partial charge in [-0.05, 0) is 48.7 Å². The highest BCUT2D eigenvalue weighted by Gasteiger charge is 2.35. The second-order valence-electron chi connectivity index (χ2n) is 7.37. The Labute approximate surface area is 175 Å². The van der Waals surface area contributed by atoms with Crippen LogP contribution in [0, 0.1) is 12.7 Å². The lowest BCUT2D eigenvalue weighted by Crippen LogP contribution is -2.28. The molecule has 1 N–H and O–H groups in total. The summed E-state index contributed by atoms with van der Waals surface area (Å²) in [5.41, 5.74) is 2.77. The largest absolute Gasteiger partial charge is 0.326 e. The van der Waals surface area contributed by atoms with E-state index in [-0.39, 0.29) is 17.2 Å². The third-order valence-electron chi connectivity index (χ3n) is 4.94. The van der Waals surface area contributed by atoms with E-state index in [4.69, 9.17) is 0 Å². The van der Waals surface area contributed by atoms with E-state index in [9.17, 15) is 14.0 Å². The summed E-state index contributed by atoms with van der Waals surface area (Å²) in [7, 11) is 0. The molecule has 154 valence electrons. The van der Waals surface area contributed by atoms with Crippen molar-refractivity contribution in [2.45, 2.75) is 51.3 Å². The topological polar surface area (TPSA) is 49.4 Å². The van der Waals surface area contributed by atoms with E-state index in [0.29, 0.717) is 23.5 Å². The Morgan fingerprint density at radius 2 is 2.03 bits per heavy atom. The number of nitrogens with zero attached hydrogens (tertiary/aromatic N) is 1. The van der Waals surface area contributed by atoms with Gasteiger partial charge in [0, 0.05) is 12.1 Å². The number of hydrogen-bond acceptors (Lipinski definition) is 3. The summed E-state index contributed by atoms with van der Waals surface area (Å²) in [4.78, 5) is 26.2. The number of amides is 2. The Hall–Kier alpha value is -2.34. The molecule has 0 spiro atoms. The molecule has 3 rings (SSSR count). The van der Waals surface area contributed by atoms with Gasteiger partial charge in [0.05, 0.1) is 11.4 Å². The molecule has 0 bridgehead atoms. The minimum atomic E-state index is -0.409.